The molecule has 0 saturated heterocycles. The summed E-state index contributed by atoms with van der Waals surface area (Å²) < 4.78 is 4.89. The van der Waals surface area contributed by atoms with Crippen LogP contribution in [0.3, 0.4) is 0 Å². The summed E-state index contributed by atoms with van der Waals surface area (Å²) in [5.41, 5.74) is 0.660. The van der Waals surface area contributed by atoms with Crippen molar-refractivity contribution in [3.63, 3.8) is 0 Å². The van der Waals surface area contributed by atoms with E-state index in [1.807, 2.05) is 6.07 Å². The number of ether oxygens (including phenoxy) is 1. The van der Waals surface area contributed by atoms with Gasteiger partial charge in [0.2, 0.25) is 0 Å². The SMILES string of the molecule is N#Cc1cccc(C(=O)OCC(=O)Nc2c(Cl)cc(Cl)cc2Cl)c1. The van der Waals surface area contributed by atoms with Crippen LogP contribution in [0, 0.1) is 11.3 Å². The second kappa shape index (κ2) is 8.02. The monoisotopic (exact) mass is 382 g/mol. The van der Waals surface area contributed by atoms with Crippen molar-refractivity contribution in [1.29, 1.82) is 5.26 Å². The Balaban J connectivity index is 1.98. The molecule has 0 bridgehead atoms. The molecule has 1 amide bonds. The van der Waals surface area contributed by atoms with Crippen molar-refractivity contribution < 1.29 is 14.3 Å². The maximum atomic E-state index is 11.9. The number of nitrogens with zero attached hydrogens (tertiary/aromatic N) is 1. The molecule has 0 saturated carbocycles. The zero-order chi connectivity index (χ0) is 17.7. The first kappa shape index (κ1) is 18.1. The second-order valence-corrected chi connectivity index (χ2v) is 5.81. The zero-order valence-corrected chi connectivity index (χ0v) is 14.2. The van der Waals surface area contributed by atoms with Crippen LogP contribution in [0.25, 0.3) is 0 Å². The van der Waals surface area contributed by atoms with E-state index in [2.05, 4.69) is 5.32 Å². The molecule has 8 heteroatoms. The maximum absolute atomic E-state index is 11.9. The van der Waals surface area contributed by atoms with Gasteiger partial charge >= 0.3 is 5.97 Å². The van der Waals surface area contributed by atoms with Gasteiger partial charge < -0.3 is 10.1 Å². The molecule has 2 aromatic rings. The number of halogens is 3. The molecule has 0 atom stereocenters. The summed E-state index contributed by atoms with van der Waals surface area (Å²) in [6.45, 7) is -0.537. The lowest BCUT2D eigenvalue weighted by Crippen LogP contribution is -2.21. The van der Waals surface area contributed by atoms with Crippen LogP contribution in [0.2, 0.25) is 15.1 Å². The lowest BCUT2D eigenvalue weighted by atomic mass is 10.1. The van der Waals surface area contributed by atoms with Gasteiger partial charge in [0.25, 0.3) is 5.91 Å². The lowest BCUT2D eigenvalue weighted by Gasteiger charge is -2.10. The molecule has 24 heavy (non-hydrogen) atoms. The van der Waals surface area contributed by atoms with Gasteiger partial charge in [0.1, 0.15) is 0 Å². The van der Waals surface area contributed by atoms with Crippen LogP contribution >= 0.6 is 34.8 Å². The van der Waals surface area contributed by atoms with Crippen molar-refractivity contribution in [2.75, 3.05) is 11.9 Å². The number of rotatable bonds is 4. The smallest absolute Gasteiger partial charge is 0.338 e. The van der Waals surface area contributed by atoms with Crippen LogP contribution in [-0.4, -0.2) is 18.5 Å². The lowest BCUT2D eigenvalue weighted by molar-refractivity contribution is -0.119. The summed E-state index contributed by atoms with van der Waals surface area (Å²) in [6.07, 6.45) is 0. The Hall–Kier alpha value is -2.26. The van der Waals surface area contributed by atoms with E-state index in [9.17, 15) is 9.59 Å². The Kier molecular flexibility index (Phi) is 6.04. The van der Waals surface area contributed by atoms with Gasteiger partial charge in [-0.1, -0.05) is 40.9 Å². The molecule has 5 nitrogen and oxygen atoms in total. The van der Waals surface area contributed by atoms with Gasteiger partial charge in [-0.15, -0.1) is 0 Å². The number of hydrogen-bond donors (Lipinski definition) is 1. The molecule has 2 aromatic carbocycles. The van der Waals surface area contributed by atoms with Gasteiger partial charge in [0.15, 0.2) is 6.61 Å². The van der Waals surface area contributed by atoms with Gasteiger partial charge in [-0.05, 0) is 30.3 Å². The molecule has 122 valence electrons. The van der Waals surface area contributed by atoms with E-state index in [0.29, 0.717) is 10.6 Å². The summed E-state index contributed by atoms with van der Waals surface area (Å²) in [4.78, 5) is 23.7. The number of carbonyl (C=O) groups is 2. The molecular weight excluding hydrogens is 375 g/mol. The van der Waals surface area contributed by atoms with Crippen LogP contribution in [0.5, 0.6) is 0 Å². The average Bonchev–Trinajstić information content (AvgIpc) is 2.56. The molecule has 0 aliphatic rings. The van der Waals surface area contributed by atoms with E-state index in [4.69, 9.17) is 44.8 Å². The van der Waals surface area contributed by atoms with Crippen LogP contribution in [-0.2, 0) is 9.53 Å². The van der Waals surface area contributed by atoms with Crippen molar-refractivity contribution in [2.24, 2.45) is 0 Å². The molecule has 0 heterocycles. The highest BCUT2D eigenvalue weighted by Gasteiger charge is 2.14. The van der Waals surface area contributed by atoms with E-state index in [0.717, 1.165) is 0 Å². The van der Waals surface area contributed by atoms with Gasteiger partial charge in [0, 0.05) is 5.02 Å². The number of benzene rings is 2. The number of esters is 1. The molecular formula is C16H9Cl3N2O3. The molecule has 0 radical (unpaired) electrons. The third kappa shape index (κ3) is 4.62. The predicted octanol–water partition coefficient (Wildman–Crippen LogP) is 4.31. The molecule has 0 aliphatic heterocycles. The van der Waals surface area contributed by atoms with Gasteiger partial charge in [-0.25, -0.2) is 4.79 Å². The topological polar surface area (TPSA) is 79.2 Å². The first-order chi connectivity index (χ1) is 11.4. The van der Waals surface area contributed by atoms with E-state index < -0.39 is 18.5 Å². The minimum absolute atomic E-state index is 0.161. The maximum Gasteiger partial charge on any atom is 0.338 e. The summed E-state index contributed by atoms with van der Waals surface area (Å²) in [6, 6.07) is 10.7. The van der Waals surface area contributed by atoms with Crippen molar-refractivity contribution in [1.82, 2.24) is 0 Å². The average molecular weight is 384 g/mol. The molecule has 0 aromatic heterocycles. The molecule has 2 rings (SSSR count). The molecule has 0 unspecified atom stereocenters. The number of anilines is 1. The van der Waals surface area contributed by atoms with E-state index >= 15 is 0 Å². The highest BCUT2D eigenvalue weighted by Crippen LogP contribution is 2.33. The van der Waals surface area contributed by atoms with Crippen LogP contribution in [0.15, 0.2) is 36.4 Å². The fourth-order valence-corrected chi connectivity index (χ4v) is 2.68. The van der Waals surface area contributed by atoms with Crippen molar-refractivity contribution in [3.8, 4) is 6.07 Å². The molecule has 0 fully saturated rings. The number of nitrogens with one attached hydrogen (secondary N) is 1. The Labute approximate surface area is 152 Å². The largest absolute Gasteiger partial charge is 0.452 e. The minimum atomic E-state index is -0.726. The van der Waals surface area contributed by atoms with Crippen LogP contribution in [0.4, 0.5) is 5.69 Å². The predicted molar refractivity (Wildman–Crippen MR) is 91.5 cm³/mol. The Bertz CT molecular complexity index is 824. The summed E-state index contributed by atoms with van der Waals surface area (Å²) in [5.74, 6) is -1.35. The number of hydrogen-bond acceptors (Lipinski definition) is 4. The Morgan fingerprint density at radius 1 is 1.12 bits per heavy atom. The third-order valence-electron chi connectivity index (χ3n) is 2.83. The van der Waals surface area contributed by atoms with Gasteiger partial charge in [-0.3, -0.25) is 4.79 Å². The highest BCUT2D eigenvalue weighted by molar-refractivity contribution is 6.42. The number of nitriles is 1. The summed E-state index contributed by atoms with van der Waals surface area (Å²) in [7, 11) is 0. The Morgan fingerprint density at radius 3 is 2.42 bits per heavy atom. The highest BCUT2D eigenvalue weighted by atomic mass is 35.5. The van der Waals surface area contributed by atoms with Crippen molar-refractivity contribution in [3.05, 3.63) is 62.6 Å². The normalized spacial score (nSPS) is 9.92. The van der Waals surface area contributed by atoms with Crippen molar-refractivity contribution in [2.45, 2.75) is 0 Å². The molecule has 0 spiro atoms. The summed E-state index contributed by atoms with van der Waals surface area (Å²) >= 11 is 17.7. The molecule has 0 aliphatic carbocycles. The summed E-state index contributed by atoms with van der Waals surface area (Å²) in [5, 5.41) is 11.9. The fourth-order valence-electron chi connectivity index (χ4n) is 1.77. The second-order valence-electron chi connectivity index (χ2n) is 4.56. The minimum Gasteiger partial charge on any atom is -0.452 e. The quantitative estimate of drug-likeness (QED) is 0.798. The first-order valence-corrected chi connectivity index (χ1v) is 7.66. The van der Waals surface area contributed by atoms with E-state index in [1.54, 1.807) is 12.1 Å². The number of carbonyl (C=O) groups excluding carboxylic acids is 2. The zero-order valence-electron chi connectivity index (χ0n) is 12.0. The fraction of sp³-hybridized carbons (Fsp3) is 0.0625. The van der Waals surface area contributed by atoms with Gasteiger partial charge in [0.05, 0.1) is 32.9 Å². The Morgan fingerprint density at radius 2 is 1.79 bits per heavy atom. The van der Waals surface area contributed by atoms with Gasteiger partial charge in [-0.2, -0.15) is 5.26 Å². The third-order valence-corrected chi connectivity index (χ3v) is 3.65. The number of amides is 1. The van der Waals surface area contributed by atoms with E-state index in [-0.39, 0.29) is 21.3 Å². The van der Waals surface area contributed by atoms with Crippen LogP contribution in [0.1, 0.15) is 15.9 Å². The van der Waals surface area contributed by atoms with Crippen molar-refractivity contribution >= 4 is 52.4 Å². The van der Waals surface area contributed by atoms with E-state index in [1.165, 1.54) is 24.3 Å². The standard InChI is InChI=1S/C16H9Cl3N2O3/c17-11-5-12(18)15(13(19)6-11)21-14(22)8-24-16(23)10-3-1-2-9(4-10)7-20/h1-6H,8H2,(H,21,22). The van der Waals surface area contributed by atoms with Crippen LogP contribution < -0.4 is 5.32 Å². The molecule has 1 N–H and O–H groups in total. The first-order valence-electron chi connectivity index (χ1n) is 6.52.